The summed E-state index contributed by atoms with van der Waals surface area (Å²) in [5, 5.41) is 3.65. The Labute approximate surface area is 118 Å². The average molecular weight is 286 g/mol. The monoisotopic (exact) mass is 285 g/mol. The van der Waals surface area contributed by atoms with Crippen molar-refractivity contribution in [2.45, 2.75) is 44.0 Å². The third-order valence-electron chi connectivity index (χ3n) is 3.44. The molecule has 0 heterocycles. The van der Waals surface area contributed by atoms with Crippen LogP contribution in [0, 0.1) is 6.92 Å². The van der Waals surface area contributed by atoms with E-state index in [1.807, 2.05) is 13.0 Å². The lowest BCUT2D eigenvalue weighted by Crippen LogP contribution is -2.43. The number of carbonyl (C=O) groups excluding carboxylic acids is 1. The van der Waals surface area contributed by atoms with Gasteiger partial charge in [-0.1, -0.05) is 30.5 Å². The van der Waals surface area contributed by atoms with Crippen molar-refractivity contribution in [1.29, 1.82) is 0 Å². The third-order valence-corrected chi connectivity index (χ3v) is 4.20. The Morgan fingerprint density at radius 2 is 2.06 bits per heavy atom. The first-order valence-corrected chi connectivity index (χ1v) is 7.10. The van der Waals surface area contributed by atoms with Crippen LogP contribution in [0.5, 0.6) is 0 Å². The Hall–Kier alpha value is -0.730. The molecule has 0 spiro atoms. The van der Waals surface area contributed by atoms with E-state index in [4.69, 9.17) is 23.2 Å². The van der Waals surface area contributed by atoms with Crippen LogP contribution in [0.1, 0.15) is 41.6 Å². The van der Waals surface area contributed by atoms with E-state index in [2.05, 4.69) is 5.32 Å². The number of hydrogen-bond acceptors (Lipinski definition) is 1. The van der Waals surface area contributed by atoms with Gasteiger partial charge >= 0.3 is 0 Å². The molecule has 1 aliphatic rings. The van der Waals surface area contributed by atoms with Crippen molar-refractivity contribution in [3.05, 3.63) is 34.3 Å². The summed E-state index contributed by atoms with van der Waals surface area (Å²) >= 11 is 12.2. The van der Waals surface area contributed by atoms with Gasteiger partial charge in [0.15, 0.2) is 0 Å². The van der Waals surface area contributed by atoms with E-state index in [1.54, 1.807) is 12.1 Å². The van der Waals surface area contributed by atoms with Crippen LogP contribution in [0.4, 0.5) is 0 Å². The standard InChI is InChI=1S/C14H17Cl2NO/c1-9-6-7-10(15)8-11(9)14(18)17-13-5-3-2-4-12(13)16/h6-8,12-13H,2-5H2,1H3,(H,17,18). The van der Waals surface area contributed by atoms with Gasteiger partial charge in [-0.2, -0.15) is 0 Å². The van der Waals surface area contributed by atoms with Crippen LogP contribution in [-0.2, 0) is 0 Å². The minimum atomic E-state index is -0.0763. The Kier molecular flexibility index (Phi) is 4.52. The van der Waals surface area contributed by atoms with E-state index < -0.39 is 0 Å². The molecule has 0 radical (unpaired) electrons. The molecule has 2 unspecified atom stereocenters. The number of halogens is 2. The zero-order chi connectivity index (χ0) is 13.1. The van der Waals surface area contributed by atoms with Gasteiger partial charge < -0.3 is 5.32 Å². The summed E-state index contributed by atoms with van der Waals surface area (Å²) < 4.78 is 0. The molecule has 4 heteroatoms. The van der Waals surface area contributed by atoms with Gasteiger partial charge in [0.25, 0.3) is 5.91 Å². The number of alkyl halides is 1. The molecule has 1 aliphatic carbocycles. The summed E-state index contributed by atoms with van der Waals surface area (Å²) in [6.07, 6.45) is 4.21. The lowest BCUT2D eigenvalue weighted by atomic mass is 9.94. The number of rotatable bonds is 2. The molecule has 1 aromatic rings. The van der Waals surface area contributed by atoms with Gasteiger partial charge in [0.1, 0.15) is 0 Å². The second kappa shape index (κ2) is 5.94. The lowest BCUT2D eigenvalue weighted by molar-refractivity contribution is 0.0928. The van der Waals surface area contributed by atoms with Crippen molar-refractivity contribution in [3.8, 4) is 0 Å². The number of aryl methyl sites for hydroxylation is 1. The molecule has 0 aliphatic heterocycles. The predicted octanol–water partition coefficient (Wildman–Crippen LogP) is 3.93. The fourth-order valence-electron chi connectivity index (χ4n) is 2.33. The zero-order valence-corrected chi connectivity index (χ0v) is 11.9. The highest BCUT2D eigenvalue weighted by atomic mass is 35.5. The van der Waals surface area contributed by atoms with E-state index in [0.29, 0.717) is 10.6 Å². The number of nitrogens with one attached hydrogen (secondary N) is 1. The lowest BCUT2D eigenvalue weighted by Gasteiger charge is -2.28. The predicted molar refractivity (Wildman–Crippen MR) is 75.6 cm³/mol. The molecule has 0 aromatic heterocycles. The fourth-order valence-corrected chi connectivity index (χ4v) is 2.85. The molecule has 1 saturated carbocycles. The zero-order valence-electron chi connectivity index (χ0n) is 10.4. The maximum atomic E-state index is 12.2. The van der Waals surface area contributed by atoms with Crippen molar-refractivity contribution < 1.29 is 4.79 Å². The van der Waals surface area contributed by atoms with Crippen LogP contribution in [0.25, 0.3) is 0 Å². The Morgan fingerprint density at radius 3 is 2.78 bits per heavy atom. The van der Waals surface area contributed by atoms with E-state index in [9.17, 15) is 4.79 Å². The van der Waals surface area contributed by atoms with Gasteiger partial charge in [-0.05, 0) is 37.5 Å². The van der Waals surface area contributed by atoms with E-state index >= 15 is 0 Å². The number of benzene rings is 1. The largest absolute Gasteiger partial charge is 0.348 e. The van der Waals surface area contributed by atoms with Crippen molar-refractivity contribution in [3.63, 3.8) is 0 Å². The average Bonchev–Trinajstić information content (AvgIpc) is 2.35. The second-order valence-electron chi connectivity index (χ2n) is 4.84. The van der Waals surface area contributed by atoms with E-state index in [0.717, 1.165) is 31.2 Å². The highest BCUT2D eigenvalue weighted by molar-refractivity contribution is 6.31. The van der Waals surface area contributed by atoms with Crippen LogP contribution in [0.15, 0.2) is 18.2 Å². The molecule has 0 bridgehead atoms. The minimum absolute atomic E-state index is 0.0437. The molecular formula is C14H17Cl2NO. The molecule has 2 atom stereocenters. The van der Waals surface area contributed by atoms with Crippen LogP contribution in [0.3, 0.4) is 0 Å². The number of amides is 1. The first-order valence-electron chi connectivity index (χ1n) is 6.29. The Bertz CT molecular complexity index is 447. The van der Waals surface area contributed by atoms with E-state index in [-0.39, 0.29) is 17.3 Å². The maximum absolute atomic E-state index is 12.2. The number of carbonyl (C=O) groups is 1. The molecule has 98 valence electrons. The quantitative estimate of drug-likeness (QED) is 0.820. The molecule has 1 fully saturated rings. The molecule has 2 nitrogen and oxygen atoms in total. The summed E-state index contributed by atoms with van der Waals surface area (Å²) in [6.45, 7) is 1.91. The first kappa shape index (κ1) is 13.7. The smallest absolute Gasteiger partial charge is 0.251 e. The molecule has 2 rings (SSSR count). The highest BCUT2D eigenvalue weighted by Crippen LogP contribution is 2.24. The van der Waals surface area contributed by atoms with Gasteiger partial charge in [-0.3, -0.25) is 4.79 Å². The summed E-state index contributed by atoms with van der Waals surface area (Å²) in [5.74, 6) is -0.0763. The normalized spacial score (nSPS) is 23.7. The summed E-state index contributed by atoms with van der Waals surface area (Å²) in [7, 11) is 0. The van der Waals surface area contributed by atoms with Crippen LogP contribution in [-0.4, -0.2) is 17.3 Å². The first-order chi connectivity index (χ1) is 8.58. The molecule has 0 saturated heterocycles. The van der Waals surface area contributed by atoms with Gasteiger partial charge in [0, 0.05) is 16.6 Å². The number of hydrogen-bond donors (Lipinski definition) is 1. The van der Waals surface area contributed by atoms with Gasteiger partial charge in [-0.15, -0.1) is 11.6 Å². The summed E-state index contributed by atoms with van der Waals surface area (Å²) in [6, 6.07) is 5.43. The van der Waals surface area contributed by atoms with Crippen molar-refractivity contribution in [1.82, 2.24) is 5.32 Å². The van der Waals surface area contributed by atoms with Crippen molar-refractivity contribution in [2.75, 3.05) is 0 Å². The molecular weight excluding hydrogens is 269 g/mol. The van der Waals surface area contributed by atoms with Crippen molar-refractivity contribution in [2.24, 2.45) is 0 Å². The topological polar surface area (TPSA) is 29.1 Å². The Balaban J connectivity index is 2.09. The summed E-state index contributed by atoms with van der Waals surface area (Å²) in [4.78, 5) is 12.2. The van der Waals surface area contributed by atoms with Gasteiger partial charge in [0.2, 0.25) is 0 Å². The maximum Gasteiger partial charge on any atom is 0.251 e. The summed E-state index contributed by atoms with van der Waals surface area (Å²) in [5.41, 5.74) is 1.57. The third kappa shape index (κ3) is 3.18. The molecule has 18 heavy (non-hydrogen) atoms. The van der Waals surface area contributed by atoms with Gasteiger partial charge in [-0.25, -0.2) is 0 Å². The second-order valence-corrected chi connectivity index (χ2v) is 5.84. The fraction of sp³-hybridized carbons (Fsp3) is 0.500. The van der Waals surface area contributed by atoms with Crippen LogP contribution >= 0.6 is 23.2 Å². The Morgan fingerprint density at radius 1 is 1.33 bits per heavy atom. The molecule has 1 N–H and O–H groups in total. The highest BCUT2D eigenvalue weighted by Gasteiger charge is 2.25. The van der Waals surface area contributed by atoms with E-state index in [1.165, 1.54) is 0 Å². The van der Waals surface area contributed by atoms with Crippen molar-refractivity contribution >= 4 is 29.1 Å². The molecule has 1 amide bonds. The minimum Gasteiger partial charge on any atom is -0.348 e. The van der Waals surface area contributed by atoms with Crippen LogP contribution < -0.4 is 5.32 Å². The SMILES string of the molecule is Cc1ccc(Cl)cc1C(=O)NC1CCCCC1Cl. The van der Waals surface area contributed by atoms with Gasteiger partial charge in [0.05, 0.1) is 5.38 Å². The molecule has 1 aromatic carbocycles. The van der Waals surface area contributed by atoms with Crippen LogP contribution in [0.2, 0.25) is 5.02 Å².